The Kier molecular flexibility index (Phi) is 3.31. The van der Waals surface area contributed by atoms with Crippen LogP contribution >= 0.6 is 23.8 Å². The van der Waals surface area contributed by atoms with Crippen LogP contribution in [0, 0.1) is 16.4 Å². The second kappa shape index (κ2) is 5.00. The Morgan fingerprint density at radius 2 is 1.85 bits per heavy atom. The molecule has 0 unspecified atom stereocenters. The normalized spacial score (nSPS) is 11.2. The predicted octanol–water partition coefficient (Wildman–Crippen LogP) is 4.68. The molecular formula is C14H9ClF2N2S. The van der Waals surface area contributed by atoms with E-state index in [1.807, 2.05) is 0 Å². The average Bonchev–Trinajstić information content (AvgIpc) is 2.69. The van der Waals surface area contributed by atoms with Gasteiger partial charge in [0.2, 0.25) is 0 Å². The molecule has 0 aliphatic rings. The Morgan fingerprint density at radius 1 is 1.15 bits per heavy atom. The Balaban J connectivity index is 2.11. The highest BCUT2D eigenvalue weighted by Gasteiger charge is 2.09. The fraction of sp³-hybridized carbons (Fsp3) is 0.0714. The molecule has 3 aromatic rings. The van der Waals surface area contributed by atoms with Gasteiger partial charge in [-0.2, -0.15) is 0 Å². The van der Waals surface area contributed by atoms with Crippen molar-refractivity contribution in [1.82, 2.24) is 9.55 Å². The quantitative estimate of drug-likeness (QED) is 0.682. The van der Waals surface area contributed by atoms with E-state index >= 15 is 0 Å². The fourth-order valence-corrected chi connectivity index (χ4v) is 2.52. The highest BCUT2D eigenvalue weighted by Crippen LogP contribution is 2.23. The summed E-state index contributed by atoms with van der Waals surface area (Å²) in [6.45, 7) is 0.431. The number of imidazole rings is 1. The molecule has 2 aromatic carbocycles. The highest BCUT2D eigenvalue weighted by molar-refractivity contribution is 7.71. The maximum absolute atomic E-state index is 13.6. The Bertz CT molecular complexity index is 837. The van der Waals surface area contributed by atoms with E-state index in [1.165, 1.54) is 24.3 Å². The van der Waals surface area contributed by atoms with Gasteiger partial charge in [0.25, 0.3) is 0 Å². The SMILES string of the molecule is Fc1ccc(Cn2c(=S)[nH]c3cc(Cl)c(F)cc32)cc1. The lowest BCUT2D eigenvalue weighted by atomic mass is 10.2. The Morgan fingerprint density at radius 3 is 2.55 bits per heavy atom. The molecule has 2 nitrogen and oxygen atoms in total. The van der Waals surface area contributed by atoms with Crippen LogP contribution in [0.1, 0.15) is 5.56 Å². The van der Waals surface area contributed by atoms with Gasteiger partial charge in [0, 0.05) is 6.07 Å². The maximum Gasteiger partial charge on any atom is 0.178 e. The number of aromatic nitrogens is 2. The van der Waals surface area contributed by atoms with Crippen LogP contribution in [-0.4, -0.2) is 9.55 Å². The summed E-state index contributed by atoms with van der Waals surface area (Å²) in [5, 5.41) is 0.0442. The van der Waals surface area contributed by atoms with Crippen molar-refractivity contribution in [3.05, 3.63) is 63.4 Å². The predicted molar refractivity (Wildman–Crippen MR) is 77.6 cm³/mol. The Hall–Kier alpha value is -1.72. The molecule has 0 saturated carbocycles. The van der Waals surface area contributed by atoms with Crippen molar-refractivity contribution in [2.45, 2.75) is 6.54 Å². The third-order valence-corrected chi connectivity index (χ3v) is 3.68. The summed E-state index contributed by atoms with van der Waals surface area (Å²) in [5.41, 5.74) is 2.17. The van der Waals surface area contributed by atoms with E-state index in [4.69, 9.17) is 23.8 Å². The number of hydrogen-bond acceptors (Lipinski definition) is 1. The number of benzene rings is 2. The number of hydrogen-bond donors (Lipinski definition) is 1. The van der Waals surface area contributed by atoms with Crippen LogP contribution in [0.4, 0.5) is 8.78 Å². The van der Waals surface area contributed by atoms with Gasteiger partial charge in [-0.3, -0.25) is 0 Å². The van der Waals surface area contributed by atoms with E-state index in [-0.39, 0.29) is 10.8 Å². The van der Waals surface area contributed by atoms with Crippen molar-refractivity contribution in [2.24, 2.45) is 0 Å². The van der Waals surface area contributed by atoms with Gasteiger partial charge in [-0.25, -0.2) is 8.78 Å². The summed E-state index contributed by atoms with van der Waals surface area (Å²) < 4.78 is 28.7. The third-order valence-electron chi connectivity index (χ3n) is 3.07. The molecule has 102 valence electrons. The van der Waals surface area contributed by atoms with Gasteiger partial charge in [-0.15, -0.1) is 0 Å². The van der Waals surface area contributed by atoms with Gasteiger partial charge in [-0.1, -0.05) is 23.7 Å². The van der Waals surface area contributed by atoms with Gasteiger partial charge in [0.15, 0.2) is 4.77 Å². The number of H-pyrrole nitrogens is 1. The first-order valence-electron chi connectivity index (χ1n) is 5.86. The van der Waals surface area contributed by atoms with Crippen molar-refractivity contribution in [1.29, 1.82) is 0 Å². The number of nitrogens with one attached hydrogen (secondary N) is 1. The molecule has 1 aromatic heterocycles. The summed E-state index contributed by atoms with van der Waals surface area (Å²) in [4.78, 5) is 2.98. The number of aromatic amines is 1. The molecule has 0 aliphatic heterocycles. The summed E-state index contributed by atoms with van der Waals surface area (Å²) >= 11 is 11.0. The molecule has 0 amide bonds. The number of rotatable bonds is 2. The summed E-state index contributed by atoms with van der Waals surface area (Å²) in [6, 6.07) is 8.94. The first-order valence-corrected chi connectivity index (χ1v) is 6.65. The maximum atomic E-state index is 13.6. The van der Waals surface area contributed by atoms with E-state index in [9.17, 15) is 8.78 Å². The number of halogens is 3. The van der Waals surface area contributed by atoms with Crippen LogP contribution in [-0.2, 0) is 6.54 Å². The van der Waals surface area contributed by atoms with Crippen molar-refractivity contribution in [2.75, 3.05) is 0 Å². The molecule has 0 saturated heterocycles. The zero-order chi connectivity index (χ0) is 14.3. The molecule has 0 radical (unpaired) electrons. The molecule has 3 rings (SSSR count). The molecule has 1 heterocycles. The van der Waals surface area contributed by atoms with Crippen LogP contribution in [0.5, 0.6) is 0 Å². The van der Waals surface area contributed by atoms with E-state index < -0.39 is 5.82 Å². The number of nitrogens with zero attached hydrogens (tertiary/aromatic N) is 1. The molecule has 0 fully saturated rings. The van der Waals surface area contributed by atoms with Gasteiger partial charge in [-0.05, 0) is 36.0 Å². The van der Waals surface area contributed by atoms with E-state index in [0.29, 0.717) is 22.3 Å². The topological polar surface area (TPSA) is 20.7 Å². The first-order chi connectivity index (χ1) is 9.54. The van der Waals surface area contributed by atoms with Gasteiger partial charge in [0.1, 0.15) is 11.6 Å². The summed E-state index contributed by atoms with van der Waals surface area (Å²) in [5.74, 6) is -0.796. The van der Waals surface area contributed by atoms with Crippen molar-refractivity contribution in [3.63, 3.8) is 0 Å². The average molecular weight is 311 g/mol. The van der Waals surface area contributed by atoms with Crippen molar-refractivity contribution in [3.8, 4) is 0 Å². The van der Waals surface area contributed by atoms with Crippen molar-refractivity contribution >= 4 is 34.9 Å². The lowest BCUT2D eigenvalue weighted by molar-refractivity contribution is 0.626. The molecular weight excluding hydrogens is 302 g/mol. The second-order valence-corrected chi connectivity index (χ2v) is 5.22. The first kappa shape index (κ1) is 13.3. The molecule has 6 heteroatoms. The summed E-state index contributed by atoms with van der Waals surface area (Å²) in [7, 11) is 0. The van der Waals surface area contributed by atoms with Crippen LogP contribution in [0.3, 0.4) is 0 Å². The molecule has 20 heavy (non-hydrogen) atoms. The summed E-state index contributed by atoms with van der Waals surface area (Å²) in [6.07, 6.45) is 0. The largest absolute Gasteiger partial charge is 0.331 e. The van der Waals surface area contributed by atoms with Gasteiger partial charge < -0.3 is 9.55 Å². The molecule has 1 N–H and O–H groups in total. The monoisotopic (exact) mass is 310 g/mol. The lowest BCUT2D eigenvalue weighted by Crippen LogP contribution is -2.00. The van der Waals surface area contributed by atoms with Crippen LogP contribution in [0.15, 0.2) is 36.4 Å². The van der Waals surface area contributed by atoms with Crippen LogP contribution < -0.4 is 0 Å². The third kappa shape index (κ3) is 2.34. The lowest BCUT2D eigenvalue weighted by Gasteiger charge is -2.05. The molecule has 0 bridgehead atoms. The standard InChI is InChI=1S/C14H9ClF2N2S/c15-10-5-12-13(6-11(10)17)19(14(20)18-12)7-8-1-3-9(16)4-2-8/h1-6H,7H2,(H,18,20). The fourth-order valence-electron chi connectivity index (χ4n) is 2.08. The van der Waals surface area contributed by atoms with E-state index in [1.54, 1.807) is 16.7 Å². The zero-order valence-electron chi connectivity index (χ0n) is 10.2. The van der Waals surface area contributed by atoms with Gasteiger partial charge >= 0.3 is 0 Å². The minimum atomic E-state index is -0.499. The van der Waals surface area contributed by atoms with E-state index in [2.05, 4.69) is 4.98 Å². The van der Waals surface area contributed by atoms with Crippen LogP contribution in [0.2, 0.25) is 5.02 Å². The minimum Gasteiger partial charge on any atom is -0.331 e. The minimum absolute atomic E-state index is 0.0442. The van der Waals surface area contributed by atoms with Crippen molar-refractivity contribution < 1.29 is 8.78 Å². The van der Waals surface area contributed by atoms with Gasteiger partial charge in [0.05, 0.1) is 22.6 Å². The molecule has 0 atom stereocenters. The second-order valence-electron chi connectivity index (χ2n) is 4.43. The zero-order valence-corrected chi connectivity index (χ0v) is 11.7. The number of fused-ring (bicyclic) bond motifs is 1. The van der Waals surface area contributed by atoms with E-state index in [0.717, 1.165) is 5.56 Å². The molecule has 0 aliphatic carbocycles. The smallest absolute Gasteiger partial charge is 0.178 e. The Labute approximate surface area is 123 Å². The van der Waals surface area contributed by atoms with Crippen LogP contribution in [0.25, 0.3) is 11.0 Å². The highest BCUT2D eigenvalue weighted by atomic mass is 35.5. The molecule has 0 spiro atoms.